The summed E-state index contributed by atoms with van der Waals surface area (Å²) in [5, 5.41) is 9.22. The van der Waals surface area contributed by atoms with E-state index in [2.05, 4.69) is 42.8 Å². The predicted octanol–water partition coefficient (Wildman–Crippen LogP) is 2.41. The molecule has 0 bridgehead atoms. The molecule has 3 heteroatoms. The van der Waals surface area contributed by atoms with Gasteiger partial charge in [-0.3, -0.25) is 0 Å². The average Bonchev–Trinajstić information content (AvgIpc) is 2.60. The maximum absolute atomic E-state index is 9.22. The van der Waals surface area contributed by atoms with E-state index in [9.17, 15) is 5.11 Å². The molecule has 1 saturated heterocycles. The molecule has 1 aromatic carbocycles. The van der Waals surface area contributed by atoms with Gasteiger partial charge in [-0.25, -0.2) is 0 Å². The Morgan fingerprint density at radius 3 is 2.74 bits per heavy atom. The summed E-state index contributed by atoms with van der Waals surface area (Å²) in [5.41, 5.74) is 3.61. The molecule has 1 aliphatic rings. The third-order valence-corrected chi connectivity index (χ3v) is 4.13. The van der Waals surface area contributed by atoms with Crippen LogP contribution in [-0.4, -0.2) is 42.7 Å². The molecule has 1 N–H and O–H groups in total. The van der Waals surface area contributed by atoms with Gasteiger partial charge < -0.3 is 14.9 Å². The van der Waals surface area contributed by atoms with Crippen LogP contribution in [0.1, 0.15) is 30.9 Å². The minimum Gasteiger partial charge on any atom is -0.392 e. The van der Waals surface area contributed by atoms with Crippen molar-refractivity contribution in [2.45, 2.75) is 39.3 Å². The maximum atomic E-state index is 9.22. The van der Waals surface area contributed by atoms with E-state index in [0.717, 1.165) is 18.7 Å². The number of aliphatic hydroxyl groups excluding tert-OH is 1. The summed E-state index contributed by atoms with van der Waals surface area (Å²) < 4.78 is 0. The zero-order valence-corrected chi connectivity index (χ0v) is 12.4. The molecule has 0 amide bonds. The van der Waals surface area contributed by atoms with Crippen LogP contribution in [0.2, 0.25) is 0 Å². The van der Waals surface area contributed by atoms with Gasteiger partial charge in [0.1, 0.15) is 0 Å². The van der Waals surface area contributed by atoms with Crippen molar-refractivity contribution < 1.29 is 5.11 Å². The lowest BCUT2D eigenvalue weighted by molar-refractivity contribution is 0.282. The van der Waals surface area contributed by atoms with Crippen LogP contribution in [0.4, 0.5) is 5.69 Å². The highest BCUT2D eigenvalue weighted by Gasteiger charge is 2.23. The molecule has 0 aromatic heterocycles. The Balaban J connectivity index is 2.27. The first-order valence-corrected chi connectivity index (χ1v) is 7.31. The zero-order valence-electron chi connectivity index (χ0n) is 12.4. The van der Waals surface area contributed by atoms with Crippen LogP contribution < -0.4 is 4.90 Å². The van der Waals surface area contributed by atoms with Crippen LogP contribution in [0, 0.1) is 6.92 Å². The number of benzene rings is 1. The quantitative estimate of drug-likeness (QED) is 0.906. The molecule has 0 aliphatic carbocycles. The highest BCUT2D eigenvalue weighted by atomic mass is 16.3. The molecule has 1 heterocycles. The Hall–Kier alpha value is -1.06. The summed E-state index contributed by atoms with van der Waals surface area (Å²) in [4.78, 5) is 4.99. The van der Waals surface area contributed by atoms with Gasteiger partial charge in [0.05, 0.1) is 6.61 Å². The fourth-order valence-electron chi connectivity index (χ4n) is 3.05. The van der Waals surface area contributed by atoms with Gasteiger partial charge in [0.15, 0.2) is 0 Å². The van der Waals surface area contributed by atoms with Gasteiger partial charge in [-0.2, -0.15) is 0 Å². The number of hydrogen-bond acceptors (Lipinski definition) is 3. The molecule has 0 spiro atoms. The number of likely N-dealkylation sites (N-methyl/N-ethyl adjacent to an activating group) is 1. The second-order valence-electron chi connectivity index (χ2n) is 5.65. The molecule has 0 radical (unpaired) electrons. The van der Waals surface area contributed by atoms with Crippen molar-refractivity contribution in [3.05, 3.63) is 29.3 Å². The summed E-state index contributed by atoms with van der Waals surface area (Å²) >= 11 is 0. The largest absolute Gasteiger partial charge is 0.392 e. The minimum atomic E-state index is 0.126. The molecule has 2 rings (SSSR count). The molecule has 106 valence electrons. The summed E-state index contributed by atoms with van der Waals surface area (Å²) in [5.74, 6) is 0. The molecule has 1 atom stereocenters. The number of hydrogen-bond donors (Lipinski definition) is 1. The van der Waals surface area contributed by atoms with Crippen molar-refractivity contribution >= 4 is 5.69 Å². The van der Waals surface area contributed by atoms with Crippen LogP contribution >= 0.6 is 0 Å². The summed E-state index contributed by atoms with van der Waals surface area (Å²) in [7, 11) is 2.22. The van der Waals surface area contributed by atoms with Crippen LogP contribution in [0.25, 0.3) is 0 Å². The molecule has 1 fully saturated rings. The van der Waals surface area contributed by atoms with Gasteiger partial charge in [0.25, 0.3) is 0 Å². The lowest BCUT2D eigenvalue weighted by Gasteiger charge is -2.33. The fraction of sp³-hybridized carbons (Fsp3) is 0.625. The van der Waals surface area contributed by atoms with E-state index in [1.54, 1.807) is 0 Å². The van der Waals surface area contributed by atoms with Crippen molar-refractivity contribution in [3.8, 4) is 0 Å². The predicted molar refractivity (Wildman–Crippen MR) is 80.6 cm³/mol. The van der Waals surface area contributed by atoms with Crippen LogP contribution in [0.3, 0.4) is 0 Å². The van der Waals surface area contributed by atoms with Crippen molar-refractivity contribution in [1.29, 1.82) is 0 Å². The highest BCUT2D eigenvalue weighted by molar-refractivity contribution is 5.55. The van der Waals surface area contributed by atoms with Crippen molar-refractivity contribution in [2.75, 3.05) is 31.6 Å². The third-order valence-electron chi connectivity index (χ3n) is 4.13. The van der Waals surface area contributed by atoms with Crippen LogP contribution in [0.5, 0.6) is 0 Å². The Morgan fingerprint density at radius 2 is 2.11 bits per heavy atom. The topological polar surface area (TPSA) is 26.7 Å². The number of aliphatic hydroxyl groups is 1. The Morgan fingerprint density at radius 1 is 1.32 bits per heavy atom. The van der Waals surface area contributed by atoms with Crippen LogP contribution in [-0.2, 0) is 6.61 Å². The van der Waals surface area contributed by atoms with E-state index in [-0.39, 0.29) is 6.61 Å². The smallest absolute Gasteiger partial charge is 0.0681 e. The van der Waals surface area contributed by atoms with E-state index in [0.29, 0.717) is 6.04 Å². The monoisotopic (exact) mass is 262 g/mol. The lowest BCUT2D eigenvalue weighted by atomic mass is 10.1. The first-order valence-electron chi connectivity index (χ1n) is 7.31. The summed E-state index contributed by atoms with van der Waals surface area (Å²) in [6.07, 6.45) is 2.39. The van der Waals surface area contributed by atoms with Gasteiger partial charge in [0.2, 0.25) is 0 Å². The Labute approximate surface area is 116 Å². The fourth-order valence-corrected chi connectivity index (χ4v) is 3.05. The SMILES string of the molecule is CCC1CN(C)CCCN1c1ccc(CO)cc1C. The van der Waals surface area contributed by atoms with E-state index in [4.69, 9.17) is 0 Å². The van der Waals surface area contributed by atoms with E-state index in [1.165, 1.54) is 30.6 Å². The average molecular weight is 262 g/mol. The number of nitrogens with zero attached hydrogens (tertiary/aromatic N) is 2. The third kappa shape index (κ3) is 3.28. The van der Waals surface area contributed by atoms with Gasteiger partial charge in [-0.05, 0) is 50.6 Å². The zero-order chi connectivity index (χ0) is 13.8. The van der Waals surface area contributed by atoms with E-state index < -0.39 is 0 Å². The molecule has 0 saturated carbocycles. The van der Waals surface area contributed by atoms with Crippen molar-refractivity contribution in [3.63, 3.8) is 0 Å². The van der Waals surface area contributed by atoms with E-state index >= 15 is 0 Å². The Bertz CT molecular complexity index is 419. The molecular weight excluding hydrogens is 236 g/mol. The summed E-state index contributed by atoms with van der Waals surface area (Å²) in [6.45, 7) is 7.99. The van der Waals surface area contributed by atoms with Gasteiger partial charge in [-0.1, -0.05) is 19.1 Å². The molecule has 1 aliphatic heterocycles. The van der Waals surface area contributed by atoms with Gasteiger partial charge in [-0.15, -0.1) is 0 Å². The first kappa shape index (κ1) is 14.4. The molecule has 3 nitrogen and oxygen atoms in total. The summed E-state index contributed by atoms with van der Waals surface area (Å²) in [6, 6.07) is 6.92. The van der Waals surface area contributed by atoms with Gasteiger partial charge in [0, 0.05) is 24.8 Å². The second kappa shape index (κ2) is 6.40. The molecule has 1 aromatic rings. The normalized spacial score (nSPS) is 21.5. The molecule has 19 heavy (non-hydrogen) atoms. The number of anilines is 1. The Kier molecular flexibility index (Phi) is 4.83. The standard InChI is InChI=1S/C16H26N2O/c1-4-15-11-17(3)8-5-9-18(15)16-7-6-14(12-19)10-13(16)2/h6-7,10,15,19H,4-5,8-9,11-12H2,1-3H3. The highest BCUT2D eigenvalue weighted by Crippen LogP contribution is 2.26. The van der Waals surface area contributed by atoms with Crippen molar-refractivity contribution in [2.24, 2.45) is 0 Å². The van der Waals surface area contributed by atoms with Gasteiger partial charge >= 0.3 is 0 Å². The van der Waals surface area contributed by atoms with E-state index in [1.807, 2.05) is 6.07 Å². The second-order valence-corrected chi connectivity index (χ2v) is 5.65. The minimum absolute atomic E-state index is 0.126. The van der Waals surface area contributed by atoms with Crippen LogP contribution in [0.15, 0.2) is 18.2 Å². The first-order chi connectivity index (χ1) is 9.15. The lowest BCUT2D eigenvalue weighted by Crippen LogP contribution is -2.40. The van der Waals surface area contributed by atoms with Crippen molar-refractivity contribution in [1.82, 2.24) is 4.90 Å². The number of aryl methyl sites for hydroxylation is 1. The maximum Gasteiger partial charge on any atom is 0.0681 e. The number of rotatable bonds is 3. The molecular formula is C16H26N2O. The molecule has 1 unspecified atom stereocenters.